The molecule has 0 saturated heterocycles. The smallest absolute Gasteiger partial charge is 0.254 e. The van der Waals surface area contributed by atoms with Gasteiger partial charge < -0.3 is 20.5 Å². The van der Waals surface area contributed by atoms with Crippen molar-refractivity contribution in [2.45, 2.75) is 18.9 Å². The Bertz CT molecular complexity index is 742. The Morgan fingerprint density at radius 2 is 2.09 bits per heavy atom. The highest BCUT2D eigenvalue weighted by atomic mass is 16.5. The highest BCUT2D eigenvalue weighted by Gasteiger charge is 2.27. The van der Waals surface area contributed by atoms with Gasteiger partial charge in [0.1, 0.15) is 12.3 Å². The number of hydrogen-bond donors (Lipinski definition) is 3. The number of carbonyl (C=O) groups is 3. The minimum Gasteiger partial charge on any atom is -0.363 e. The van der Waals surface area contributed by atoms with Crippen molar-refractivity contribution >= 4 is 29.2 Å². The molecule has 1 aliphatic rings. The highest BCUT2D eigenvalue weighted by Crippen LogP contribution is 2.19. The first-order valence-electron chi connectivity index (χ1n) is 7.04. The molecular formula is C15H14N4O4. The van der Waals surface area contributed by atoms with Gasteiger partial charge in [-0.2, -0.15) is 0 Å². The summed E-state index contributed by atoms with van der Waals surface area (Å²) in [7, 11) is 0. The number of para-hydroxylation sites is 1. The summed E-state index contributed by atoms with van der Waals surface area (Å²) < 4.78 is 4.61. The lowest BCUT2D eigenvalue weighted by atomic mass is 10.1. The number of amides is 3. The molecule has 118 valence electrons. The zero-order valence-electron chi connectivity index (χ0n) is 12.0. The molecule has 0 aliphatic carbocycles. The molecule has 3 amide bonds. The zero-order chi connectivity index (χ0) is 16.2. The van der Waals surface area contributed by atoms with Gasteiger partial charge in [0.25, 0.3) is 5.91 Å². The molecule has 2 heterocycles. The Morgan fingerprint density at radius 1 is 1.26 bits per heavy atom. The van der Waals surface area contributed by atoms with Crippen LogP contribution in [0.2, 0.25) is 0 Å². The van der Waals surface area contributed by atoms with Gasteiger partial charge in [0.15, 0.2) is 5.82 Å². The summed E-state index contributed by atoms with van der Waals surface area (Å²) in [5.41, 5.74) is 0.861. The summed E-state index contributed by atoms with van der Waals surface area (Å²) in [6.07, 6.45) is 1.57. The van der Waals surface area contributed by atoms with Crippen molar-refractivity contribution in [3.63, 3.8) is 0 Å². The maximum Gasteiger partial charge on any atom is 0.254 e. The van der Waals surface area contributed by atoms with Crippen molar-refractivity contribution in [1.29, 1.82) is 0 Å². The molecule has 1 aliphatic heterocycles. The Morgan fingerprint density at radius 3 is 2.87 bits per heavy atom. The average molecular weight is 314 g/mol. The van der Waals surface area contributed by atoms with Gasteiger partial charge in [-0.25, -0.2) is 0 Å². The number of aromatic nitrogens is 1. The van der Waals surface area contributed by atoms with Gasteiger partial charge in [0, 0.05) is 12.5 Å². The number of carbonyl (C=O) groups excluding carboxylic acids is 3. The Labute approximate surface area is 131 Å². The third-order valence-electron chi connectivity index (χ3n) is 3.42. The second-order valence-corrected chi connectivity index (χ2v) is 5.03. The van der Waals surface area contributed by atoms with E-state index in [1.807, 2.05) is 0 Å². The second-order valence-electron chi connectivity index (χ2n) is 5.03. The summed E-state index contributed by atoms with van der Waals surface area (Å²) >= 11 is 0. The lowest BCUT2D eigenvalue weighted by molar-refractivity contribution is -0.118. The fraction of sp³-hybridized carbons (Fsp3) is 0.200. The lowest BCUT2D eigenvalue weighted by Gasteiger charge is -2.13. The van der Waals surface area contributed by atoms with Crippen LogP contribution in [0, 0.1) is 0 Å². The number of rotatable bonds is 4. The van der Waals surface area contributed by atoms with Gasteiger partial charge >= 0.3 is 0 Å². The first kappa shape index (κ1) is 14.8. The van der Waals surface area contributed by atoms with Crippen LogP contribution in [-0.2, 0) is 9.59 Å². The van der Waals surface area contributed by atoms with Crippen LogP contribution < -0.4 is 16.0 Å². The van der Waals surface area contributed by atoms with E-state index in [1.165, 1.54) is 12.3 Å². The predicted molar refractivity (Wildman–Crippen MR) is 80.7 cm³/mol. The molecular weight excluding hydrogens is 300 g/mol. The third-order valence-corrected chi connectivity index (χ3v) is 3.42. The minimum absolute atomic E-state index is 0.0571. The van der Waals surface area contributed by atoms with Crippen LogP contribution in [0.5, 0.6) is 0 Å². The molecule has 1 aromatic heterocycles. The molecule has 1 atom stereocenters. The first-order valence-corrected chi connectivity index (χ1v) is 7.04. The fourth-order valence-electron chi connectivity index (χ4n) is 2.27. The van der Waals surface area contributed by atoms with E-state index < -0.39 is 6.04 Å². The van der Waals surface area contributed by atoms with E-state index in [0.29, 0.717) is 17.1 Å². The summed E-state index contributed by atoms with van der Waals surface area (Å²) in [5.74, 6) is -0.710. The summed E-state index contributed by atoms with van der Waals surface area (Å²) in [4.78, 5) is 36.1. The van der Waals surface area contributed by atoms with Crippen LogP contribution in [0.3, 0.4) is 0 Å². The summed E-state index contributed by atoms with van der Waals surface area (Å²) in [6.45, 7) is 0. The largest absolute Gasteiger partial charge is 0.363 e. The SMILES string of the molecule is O=C(CCC1NC(=O)c2ccccc2NC1=O)Nc1ccon1. The average Bonchev–Trinajstić information content (AvgIpc) is 3.00. The van der Waals surface area contributed by atoms with Crippen LogP contribution in [-0.4, -0.2) is 28.9 Å². The Balaban J connectivity index is 1.62. The van der Waals surface area contributed by atoms with Crippen LogP contribution in [0.25, 0.3) is 0 Å². The molecule has 1 unspecified atom stereocenters. The molecule has 0 bridgehead atoms. The van der Waals surface area contributed by atoms with Gasteiger partial charge in [0.2, 0.25) is 11.8 Å². The molecule has 0 spiro atoms. The number of hydrogen-bond acceptors (Lipinski definition) is 5. The normalized spacial score (nSPS) is 16.8. The molecule has 3 N–H and O–H groups in total. The molecule has 23 heavy (non-hydrogen) atoms. The number of nitrogens with one attached hydrogen (secondary N) is 3. The predicted octanol–water partition coefficient (Wildman–Crippen LogP) is 1.14. The summed E-state index contributed by atoms with van der Waals surface area (Å²) in [6, 6.07) is 7.47. The molecule has 2 aromatic rings. The highest BCUT2D eigenvalue weighted by molar-refractivity contribution is 6.09. The van der Waals surface area contributed by atoms with Gasteiger partial charge in [-0.05, 0) is 18.6 Å². The van der Waals surface area contributed by atoms with Crippen LogP contribution >= 0.6 is 0 Å². The van der Waals surface area contributed by atoms with Crippen LogP contribution in [0.4, 0.5) is 11.5 Å². The number of anilines is 2. The molecule has 8 heteroatoms. The van der Waals surface area contributed by atoms with Crippen molar-refractivity contribution in [3.05, 3.63) is 42.2 Å². The first-order chi connectivity index (χ1) is 11.1. The third kappa shape index (κ3) is 3.37. The van der Waals surface area contributed by atoms with Gasteiger partial charge in [-0.15, -0.1) is 0 Å². The van der Waals surface area contributed by atoms with E-state index >= 15 is 0 Å². The van der Waals surface area contributed by atoms with Crippen molar-refractivity contribution in [2.24, 2.45) is 0 Å². The van der Waals surface area contributed by atoms with Crippen molar-refractivity contribution < 1.29 is 18.9 Å². The second kappa shape index (κ2) is 6.30. The van der Waals surface area contributed by atoms with Gasteiger partial charge in [-0.3, -0.25) is 14.4 Å². The maximum atomic E-state index is 12.2. The van der Waals surface area contributed by atoms with E-state index in [4.69, 9.17) is 0 Å². The Kier molecular flexibility index (Phi) is 4.05. The lowest BCUT2D eigenvalue weighted by Crippen LogP contribution is -2.41. The van der Waals surface area contributed by atoms with Crippen LogP contribution in [0.1, 0.15) is 23.2 Å². The van der Waals surface area contributed by atoms with Gasteiger partial charge in [0.05, 0.1) is 11.3 Å². The van der Waals surface area contributed by atoms with E-state index in [0.717, 1.165) is 0 Å². The molecule has 0 saturated carbocycles. The quantitative estimate of drug-likeness (QED) is 0.783. The number of benzene rings is 1. The fourth-order valence-corrected chi connectivity index (χ4v) is 2.27. The van der Waals surface area contributed by atoms with E-state index in [1.54, 1.807) is 24.3 Å². The van der Waals surface area contributed by atoms with E-state index in [-0.39, 0.29) is 30.6 Å². The van der Waals surface area contributed by atoms with Crippen molar-refractivity contribution in [1.82, 2.24) is 10.5 Å². The van der Waals surface area contributed by atoms with Gasteiger partial charge in [-0.1, -0.05) is 17.3 Å². The standard InChI is InChI=1S/C15H14N4O4/c20-13(18-12-7-8-23-19-12)6-5-11-15(22)16-10-4-2-1-3-9(10)14(21)17-11/h1-4,7-8,11H,5-6H2,(H,16,22)(H,17,21)(H,18,19,20). The monoisotopic (exact) mass is 314 g/mol. The van der Waals surface area contributed by atoms with Crippen LogP contribution in [0.15, 0.2) is 41.1 Å². The maximum absolute atomic E-state index is 12.2. The number of fused-ring (bicyclic) bond motifs is 1. The summed E-state index contributed by atoms with van der Waals surface area (Å²) in [5, 5.41) is 11.4. The molecule has 8 nitrogen and oxygen atoms in total. The topological polar surface area (TPSA) is 113 Å². The van der Waals surface area contributed by atoms with E-state index in [9.17, 15) is 14.4 Å². The van der Waals surface area contributed by atoms with Crippen molar-refractivity contribution in [3.8, 4) is 0 Å². The number of nitrogens with zero attached hydrogens (tertiary/aromatic N) is 1. The molecule has 0 fully saturated rings. The molecule has 0 radical (unpaired) electrons. The van der Waals surface area contributed by atoms with E-state index in [2.05, 4.69) is 25.6 Å². The minimum atomic E-state index is -0.780. The molecule has 3 rings (SSSR count). The van der Waals surface area contributed by atoms with Crippen molar-refractivity contribution in [2.75, 3.05) is 10.6 Å². The zero-order valence-corrected chi connectivity index (χ0v) is 12.0. The Hall–Kier alpha value is -3.16. The molecule has 1 aromatic carbocycles.